The number of nitrogens with one attached hydrogen (secondary N) is 2. The van der Waals surface area contributed by atoms with Crippen molar-refractivity contribution in [2.75, 3.05) is 26.3 Å². The first-order valence-electron chi connectivity index (χ1n) is 10.6. The predicted molar refractivity (Wildman–Crippen MR) is 107 cm³/mol. The van der Waals surface area contributed by atoms with E-state index in [2.05, 4.69) is 10.6 Å². The summed E-state index contributed by atoms with van der Waals surface area (Å²) in [6.07, 6.45) is -0.233. The van der Waals surface area contributed by atoms with E-state index in [1.54, 1.807) is 27.7 Å². The van der Waals surface area contributed by atoms with E-state index in [0.717, 1.165) is 0 Å². The van der Waals surface area contributed by atoms with Gasteiger partial charge in [-0.2, -0.15) is 0 Å². The Balaban J connectivity index is 1.94. The Kier molecular flexibility index (Phi) is 6.16. The van der Waals surface area contributed by atoms with E-state index in [9.17, 15) is 28.8 Å². The third kappa shape index (κ3) is 3.28. The summed E-state index contributed by atoms with van der Waals surface area (Å²) in [5.74, 6) is -2.29. The molecule has 0 unspecified atom stereocenters. The van der Waals surface area contributed by atoms with Crippen molar-refractivity contribution >= 4 is 35.8 Å². The van der Waals surface area contributed by atoms with Crippen LogP contribution in [0, 0.1) is 10.8 Å². The zero-order chi connectivity index (χ0) is 23.8. The van der Waals surface area contributed by atoms with E-state index in [4.69, 9.17) is 9.47 Å². The molecule has 32 heavy (non-hydrogen) atoms. The van der Waals surface area contributed by atoms with Crippen LogP contribution in [0.25, 0.3) is 0 Å². The van der Waals surface area contributed by atoms with Crippen LogP contribution in [0.2, 0.25) is 0 Å². The number of nitrogens with zero attached hydrogens (tertiary/aromatic N) is 2. The largest absolute Gasteiger partial charge is 0.466 e. The number of hydrogen-bond acceptors (Lipinski definition) is 8. The van der Waals surface area contributed by atoms with Crippen LogP contribution in [-0.2, 0) is 28.7 Å². The lowest BCUT2D eigenvalue weighted by molar-refractivity contribution is -0.213. The van der Waals surface area contributed by atoms with Crippen molar-refractivity contribution in [3.05, 3.63) is 0 Å². The number of fused-ring (bicyclic) bond motifs is 4. The molecule has 2 aliphatic heterocycles. The lowest BCUT2D eigenvalue weighted by Gasteiger charge is -2.71. The molecule has 3 fully saturated rings. The second-order valence-corrected chi connectivity index (χ2v) is 8.31. The minimum Gasteiger partial charge on any atom is -0.466 e. The molecule has 12 nitrogen and oxygen atoms in total. The first-order chi connectivity index (χ1) is 15.0. The van der Waals surface area contributed by atoms with Crippen molar-refractivity contribution in [1.82, 2.24) is 20.4 Å². The Morgan fingerprint density at radius 3 is 1.44 bits per heavy atom. The average molecular weight is 452 g/mol. The molecule has 12 heteroatoms. The molecule has 0 spiro atoms. The minimum absolute atomic E-state index is 0.0632. The van der Waals surface area contributed by atoms with Gasteiger partial charge in [0.05, 0.1) is 49.0 Å². The molecule has 0 bridgehead atoms. The molecular weight excluding hydrogens is 424 g/mol. The number of imide groups is 2. The van der Waals surface area contributed by atoms with Gasteiger partial charge in [-0.3, -0.25) is 29.8 Å². The number of carbonyl (C=O) groups excluding carboxylic acids is 6. The van der Waals surface area contributed by atoms with Crippen LogP contribution in [0.1, 0.15) is 40.5 Å². The van der Waals surface area contributed by atoms with Gasteiger partial charge in [0.15, 0.2) is 0 Å². The lowest BCUT2D eigenvalue weighted by Crippen LogP contribution is -2.91. The topological polar surface area (TPSA) is 151 Å². The lowest BCUT2D eigenvalue weighted by atomic mass is 9.42. The van der Waals surface area contributed by atoms with Gasteiger partial charge >= 0.3 is 24.0 Å². The van der Waals surface area contributed by atoms with Gasteiger partial charge in [0.2, 0.25) is 11.8 Å². The highest BCUT2D eigenvalue weighted by molar-refractivity contribution is 6.10. The molecule has 4 atom stereocenters. The van der Waals surface area contributed by atoms with Crippen LogP contribution in [0.4, 0.5) is 9.59 Å². The Morgan fingerprint density at radius 1 is 0.781 bits per heavy atom. The van der Waals surface area contributed by atoms with E-state index in [0.29, 0.717) is 0 Å². The summed E-state index contributed by atoms with van der Waals surface area (Å²) < 4.78 is 9.84. The van der Waals surface area contributed by atoms with Crippen molar-refractivity contribution in [3.63, 3.8) is 0 Å². The van der Waals surface area contributed by atoms with Crippen molar-refractivity contribution in [2.24, 2.45) is 10.8 Å². The zero-order valence-electron chi connectivity index (χ0n) is 18.6. The van der Waals surface area contributed by atoms with Gasteiger partial charge in [0.1, 0.15) is 0 Å². The summed E-state index contributed by atoms with van der Waals surface area (Å²) in [4.78, 5) is 77.5. The number of esters is 2. The van der Waals surface area contributed by atoms with Crippen LogP contribution >= 0.6 is 0 Å². The third-order valence-electron chi connectivity index (χ3n) is 6.86. The Hall–Kier alpha value is -3.18. The first-order valence-corrected chi connectivity index (χ1v) is 10.6. The minimum atomic E-state index is -1.35. The second-order valence-electron chi connectivity index (χ2n) is 8.31. The van der Waals surface area contributed by atoms with Crippen molar-refractivity contribution in [3.8, 4) is 0 Å². The summed E-state index contributed by atoms with van der Waals surface area (Å²) >= 11 is 0. The smallest absolute Gasteiger partial charge is 0.324 e. The third-order valence-corrected chi connectivity index (χ3v) is 6.86. The molecular formula is C20H28N4O8. The Morgan fingerprint density at radius 2 is 1.12 bits per heavy atom. The zero-order valence-corrected chi connectivity index (χ0v) is 18.6. The maximum atomic E-state index is 12.9. The maximum absolute atomic E-state index is 12.9. The van der Waals surface area contributed by atoms with Crippen LogP contribution in [0.15, 0.2) is 0 Å². The molecule has 176 valence electrons. The molecule has 2 N–H and O–H groups in total. The molecule has 0 radical (unpaired) electrons. The highest BCUT2D eigenvalue weighted by atomic mass is 16.5. The fraction of sp³-hybridized carbons (Fsp3) is 0.700. The summed E-state index contributed by atoms with van der Waals surface area (Å²) in [5.41, 5.74) is -2.71. The highest BCUT2D eigenvalue weighted by Gasteiger charge is 2.80. The molecule has 0 aromatic heterocycles. The summed E-state index contributed by atoms with van der Waals surface area (Å²) in [6, 6.07) is -3.15. The second kappa shape index (κ2) is 8.40. The highest BCUT2D eigenvalue weighted by Crippen LogP contribution is 2.63. The van der Waals surface area contributed by atoms with E-state index in [1.165, 1.54) is 9.80 Å². The van der Waals surface area contributed by atoms with E-state index >= 15 is 0 Å². The van der Waals surface area contributed by atoms with Crippen molar-refractivity contribution in [2.45, 2.75) is 52.6 Å². The standard InChI is InChI=1S/C20H28N4O8/c1-5-31-11(25)7-9-23-13-14-20(4,19(13,3)15(27)21-17(23)29)16(28)22-18(30)24(14)10-8-12(26)32-6-2/h13-14H,5-10H2,1-4H3,(H,21,27,29)(H,22,28,30)/t13-,14+,19+,20-. The average Bonchev–Trinajstić information content (AvgIpc) is 2.72. The van der Waals surface area contributed by atoms with Gasteiger partial charge in [-0.15, -0.1) is 0 Å². The molecule has 6 amide bonds. The number of carbonyl (C=O) groups is 6. The van der Waals surface area contributed by atoms with Gasteiger partial charge in [0, 0.05) is 13.1 Å². The normalized spacial score (nSPS) is 31.1. The monoisotopic (exact) mass is 452 g/mol. The number of amides is 6. The molecule has 1 saturated carbocycles. The number of hydrogen-bond donors (Lipinski definition) is 2. The molecule has 2 saturated heterocycles. The van der Waals surface area contributed by atoms with E-state index in [1.807, 2.05) is 0 Å². The van der Waals surface area contributed by atoms with Crippen LogP contribution in [-0.4, -0.2) is 84.0 Å². The van der Waals surface area contributed by atoms with Crippen molar-refractivity contribution in [1.29, 1.82) is 0 Å². The summed E-state index contributed by atoms with van der Waals surface area (Å²) in [5, 5.41) is 4.53. The van der Waals surface area contributed by atoms with Gasteiger partial charge in [-0.1, -0.05) is 0 Å². The first kappa shape index (κ1) is 23.5. The Bertz CT molecular complexity index is 806. The molecule has 2 heterocycles. The van der Waals surface area contributed by atoms with Gasteiger partial charge in [-0.05, 0) is 27.7 Å². The molecule has 3 aliphatic rings. The molecule has 0 aromatic rings. The quantitative estimate of drug-likeness (QED) is 0.479. The number of ether oxygens (including phenoxy) is 2. The van der Waals surface area contributed by atoms with Gasteiger partial charge < -0.3 is 19.3 Å². The van der Waals surface area contributed by atoms with E-state index < -0.39 is 58.7 Å². The summed E-state index contributed by atoms with van der Waals surface area (Å²) in [7, 11) is 0. The van der Waals surface area contributed by atoms with Crippen LogP contribution in [0.3, 0.4) is 0 Å². The Labute approximate surface area is 184 Å². The summed E-state index contributed by atoms with van der Waals surface area (Å²) in [6.45, 7) is 6.68. The number of urea groups is 2. The van der Waals surface area contributed by atoms with E-state index in [-0.39, 0.29) is 39.1 Å². The molecule has 3 rings (SSSR count). The van der Waals surface area contributed by atoms with Crippen LogP contribution < -0.4 is 10.6 Å². The van der Waals surface area contributed by atoms with Crippen LogP contribution in [0.5, 0.6) is 0 Å². The maximum Gasteiger partial charge on any atom is 0.324 e. The molecule has 0 aromatic carbocycles. The number of rotatable bonds is 8. The fourth-order valence-electron chi connectivity index (χ4n) is 5.08. The van der Waals surface area contributed by atoms with Gasteiger partial charge in [0.25, 0.3) is 0 Å². The SMILES string of the molecule is CCOC(=O)CCN1C(=O)NC(=O)[C@@]2(C)[C@@H]1[C@H]1N(CCC(=O)OCC)C(=O)NC(=O)[C@]12C. The predicted octanol–water partition coefficient (Wildman–Crippen LogP) is -0.240. The van der Waals surface area contributed by atoms with Gasteiger partial charge in [-0.25, -0.2) is 9.59 Å². The fourth-order valence-corrected chi connectivity index (χ4v) is 5.08. The van der Waals surface area contributed by atoms with Crippen molar-refractivity contribution < 1.29 is 38.2 Å². The molecule has 1 aliphatic carbocycles.